The third-order valence-corrected chi connectivity index (χ3v) is 4.43. The molecule has 0 unspecified atom stereocenters. The summed E-state index contributed by atoms with van der Waals surface area (Å²) in [6.07, 6.45) is 5.00. The van der Waals surface area contributed by atoms with E-state index >= 15 is 0 Å². The Balaban J connectivity index is 1.94. The zero-order chi connectivity index (χ0) is 12.8. The molecule has 1 aliphatic rings. The fraction of sp³-hybridized carbons (Fsp3) is 0.333. The molecule has 2 heterocycles. The maximum Gasteiger partial charge on any atom is 0.264 e. The Morgan fingerprint density at radius 2 is 2.39 bits per heavy atom. The SMILES string of the molecule is Nc1c(C(=O)NC2(CO)CC2)sc2cnccc12. The van der Waals surface area contributed by atoms with Crippen LogP contribution in [0.25, 0.3) is 10.1 Å². The molecule has 1 aliphatic carbocycles. The molecule has 2 aromatic heterocycles. The van der Waals surface area contributed by atoms with Crippen molar-refractivity contribution < 1.29 is 9.90 Å². The summed E-state index contributed by atoms with van der Waals surface area (Å²) in [4.78, 5) is 16.6. The quantitative estimate of drug-likeness (QED) is 0.774. The topological polar surface area (TPSA) is 88.2 Å². The first-order valence-electron chi connectivity index (χ1n) is 5.71. The Hall–Kier alpha value is -1.66. The van der Waals surface area contributed by atoms with Crippen molar-refractivity contribution in [1.29, 1.82) is 0 Å². The highest BCUT2D eigenvalue weighted by Gasteiger charge is 2.44. The Bertz CT molecular complexity index is 619. The average Bonchev–Trinajstić information content (AvgIpc) is 3.08. The number of pyridine rings is 1. The van der Waals surface area contributed by atoms with Crippen molar-refractivity contribution in [3.63, 3.8) is 0 Å². The van der Waals surface area contributed by atoms with E-state index in [1.807, 2.05) is 0 Å². The van der Waals surface area contributed by atoms with Gasteiger partial charge < -0.3 is 16.2 Å². The molecule has 2 aromatic rings. The molecule has 3 rings (SSSR count). The van der Waals surface area contributed by atoms with E-state index in [0.717, 1.165) is 22.9 Å². The van der Waals surface area contributed by atoms with Crippen molar-refractivity contribution in [3.05, 3.63) is 23.3 Å². The summed E-state index contributed by atoms with van der Waals surface area (Å²) in [5.74, 6) is -0.208. The second-order valence-electron chi connectivity index (χ2n) is 4.61. The van der Waals surface area contributed by atoms with Crippen LogP contribution in [-0.4, -0.2) is 28.1 Å². The predicted octanol–water partition coefficient (Wildman–Crippen LogP) is 1.13. The van der Waals surface area contributed by atoms with Crippen molar-refractivity contribution in [1.82, 2.24) is 10.3 Å². The number of aliphatic hydroxyl groups is 1. The van der Waals surface area contributed by atoms with Gasteiger partial charge in [-0.3, -0.25) is 9.78 Å². The second kappa shape index (κ2) is 3.93. The number of hydrogen-bond donors (Lipinski definition) is 3. The number of nitrogen functional groups attached to an aromatic ring is 1. The molecule has 1 amide bonds. The van der Waals surface area contributed by atoms with Gasteiger partial charge in [-0.05, 0) is 18.9 Å². The van der Waals surface area contributed by atoms with Crippen LogP contribution in [0.15, 0.2) is 18.5 Å². The molecule has 0 bridgehead atoms. The van der Waals surface area contributed by atoms with Crippen molar-refractivity contribution in [3.8, 4) is 0 Å². The minimum atomic E-state index is -0.419. The third kappa shape index (κ3) is 1.74. The molecule has 6 heteroatoms. The number of nitrogens with two attached hydrogens (primary N) is 1. The molecule has 4 N–H and O–H groups in total. The number of thiophene rings is 1. The number of anilines is 1. The summed E-state index contributed by atoms with van der Waals surface area (Å²) >= 11 is 1.33. The number of fused-ring (bicyclic) bond motifs is 1. The van der Waals surface area contributed by atoms with Crippen molar-refractivity contribution in [2.75, 3.05) is 12.3 Å². The second-order valence-corrected chi connectivity index (χ2v) is 5.66. The fourth-order valence-corrected chi connectivity index (χ4v) is 2.90. The van der Waals surface area contributed by atoms with E-state index in [9.17, 15) is 9.90 Å². The minimum absolute atomic E-state index is 0.0227. The molecule has 5 nitrogen and oxygen atoms in total. The Labute approximate surface area is 108 Å². The zero-order valence-corrected chi connectivity index (χ0v) is 10.5. The lowest BCUT2D eigenvalue weighted by Crippen LogP contribution is -2.39. The Kier molecular flexibility index (Phi) is 2.49. The molecule has 18 heavy (non-hydrogen) atoms. The lowest BCUT2D eigenvalue weighted by atomic mass is 10.2. The summed E-state index contributed by atoms with van der Waals surface area (Å²) < 4.78 is 0.897. The van der Waals surface area contributed by atoms with E-state index in [-0.39, 0.29) is 12.5 Å². The van der Waals surface area contributed by atoms with Gasteiger partial charge >= 0.3 is 0 Å². The van der Waals surface area contributed by atoms with E-state index in [2.05, 4.69) is 10.3 Å². The van der Waals surface area contributed by atoms with E-state index in [1.54, 1.807) is 18.5 Å². The monoisotopic (exact) mass is 263 g/mol. The van der Waals surface area contributed by atoms with E-state index in [4.69, 9.17) is 5.73 Å². The molecule has 1 saturated carbocycles. The van der Waals surface area contributed by atoms with Crippen LogP contribution in [0.1, 0.15) is 22.5 Å². The molecular formula is C12H13N3O2S. The molecule has 0 spiro atoms. The Morgan fingerprint density at radius 3 is 3.00 bits per heavy atom. The van der Waals surface area contributed by atoms with E-state index in [0.29, 0.717) is 10.6 Å². The van der Waals surface area contributed by atoms with Gasteiger partial charge in [-0.25, -0.2) is 0 Å². The summed E-state index contributed by atoms with van der Waals surface area (Å²) in [6, 6.07) is 1.80. The normalized spacial score (nSPS) is 16.7. The van der Waals surface area contributed by atoms with Crippen LogP contribution in [0.2, 0.25) is 0 Å². The van der Waals surface area contributed by atoms with Crippen LogP contribution in [0, 0.1) is 0 Å². The number of aliphatic hydroxyl groups excluding tert-OH is 1. The highest BCUT2D eigenvalue weighted by molar-refractivity contribution is 7.21. The van der Waals surface area contributed by atoms with Crippen LogP contribution in [0.4, 0.5) is 5.69 Å². The van der Waals surface area contributed by atoms with Gasteiger partial charge in [0.2, 0.25) is 0 Å². The third-order valence-electron chi connectivity index (χ3n) is 3.27. The number of hydrogen-bond acceptors (Lipinski definition) is 5. The fourth-order valence-electron chi connectivity index (χ4n) is 1.91. The molecule has 0 atom stereocenters. The van der Waals surface area contributed by atoms with Gasteiger partial charge in [0.25, 0.3) is 5.91 Å². The number of rotatable bonds is 3. The molecule has 94 valence electrons. The number of carbonyl (C=O) groups is 1. The standard InChI is InChI=1S/C12H13N3O2S/c13-9-7-1-4-14-5-8(7)18-10(9)11(17)15-12(6-16)2-3-12/h1,4-5,16H,2-3,6,13H2,(H,15,17). The number of nitrogens with one attached hydrogen (secondary N) is 1. The zero-order valence-electron chi connectivity index (χ0n) is 9.64. The molecule has 1 fully saturated rings. The smallest absolute Gasteiger partial charge is 0.264 e. The van der Waals surface area contributed by atoms with Crippen molar-refractivity contribution >= 4 is 33.0 Å². The summed E-state index contributed by atoms with van der Waals surface area (Å²) in [6.45, 7) is -0.0227. The maximum atomic E-state index is 12.1. The lowest BCUT2D eigenvalue weighted by Gasteiger charge is -2.13. The van der Waals surface area contributed by atoms with Crippen molar-refractivity contribution in [2.45, 2.75) is 18.4 Å². The van der Waals surface area contributed by atoms with Gasteiger partial charge in [-0.1, -0.05) is 0 Å². The molecule has 0 radical (unpaired) electrons. The van der Waals surface area contributed by atoms with Crippen LogP contribution >= 0.6 is 11.3 Å². The van der Waals surface area contributed by atoms with Gasteiger partial charge in [0, 0.05) is 17.8 Å². The summed E-state index contributed by atoms with van der Waals surface area (Å²) in [5, 5.41) is 12.9. The van der Waals surface area contributed by atoms with Crippen LogP contribution in [-0.2, 0) is 0 Å². The lowest BCUT2D eigenvalue weighted by molar-refractivity contribution is 0.0912. The number of amides is 1. The van der Waals surface area contributed by atoms with E-state index < -0.39 is 5.54 Å². The number of aromatic nitrogens is 1. The first-order chi connectivity index (χ1) is 8.65. The van der Waals surface area contributed by atoms with Crippen LogP contribution < -0.4 is 11.1 Å². The number of carbonyl (C=O) groups excluding carboxylic acids is 1. The van der Waals surface area contributed by atoms with Gasteiger partial charge in [-0.2, -0.15) is 0 Å². The molecular weight excluding hydrogens is 250 g/mol. The van der Waals surface area contributed by atoms with Crippen LogP contribution in [0.3, 0.4) is 0 Å². The Morgan fingerprint density at radius 1 is 1.61 bits per heavy atom. The minimum Gasteiger partial charge on any atom is -0.397 e. The van der Waals surface area contributed by atoms with E-state index in [1.165, 1.54) is 11.3 Å². The first kappa shape index (κ1) is 11.4. The first-order valence-corrected chi connectivity index (χ1v) is 6.52. The van der Waals surface area contributed by atoms with Crippen molar-refractivity contribution in [2.24, 2.45) is 0 Å². The molecule has 0 saturated heterocycles. The largest absolute Gasteiger partial charge is 0.397 e. The maximum absolute atomic E-state index is 12.1. The van der Waals surface area contributed by atoms with Gasteiger partial charge in [0.05, 0.1) is 22.5 Å². The van der Waals surface area contributed by atoms with Gasteiger partial charge in [-0.15, -0.1) is 11.3 Å². The summed E-state index contributed by atoms with van der Waals surface area (Å²) in [7, 11) is 0. The van der Waals surface area contributed by atoms with Crippen LogP contribution in [0.5, 0.6) is 0 Å². The molecule has 0 aliphatic heterocycles. The highest BCUT2D eigenvalue weighted by Crippen LogP contribution is 2.37. The summed E-state index contributed by atoms with van der Waals surface area (Å²) in [5.41, 5.74) is 6.05. The van der Waals surface area contributed by atoms with Gasteiger partial charge in [0.1, 0.15) is 4.88 Å². The highest BCUT2D eigenvalue weighted by atomic mass is 32.1. The molecule has 0 aromatic carbocycles. The van der Waals surface area contributed by atoms with Gasteiger partial charge in [0.15, 0.2) is 0 Å². The number of nitrogens with zero attached hydrogens (tertiary/aromatic N) is 1. The average molecular weight is 263 g/mol. The predicted molar refractivity (Wildman–Crippen MR) is 70.5 cm³/mol.